The molecule has 5 nitrogen and oxygen atoms in total. The van der Waals surface area contributed by atoms with Crippen LogP contribution >= 0.6 is 0 Å². The van der Waals surface area contributed by atoms with Crippen LogP contribution in [0.2, 0.25) is 0 Å². The number of para-hydroxylation sites is 1. The predicted molar refractivity (Wildman–Crippen MR) is 84.9 cm³/mol. The van der Waals surface area contributed by atoms with Gasteiger partial charge in [-0.2, -0.15) is 0 Å². The number of nitrogens with zero attached hydrogens (tertiary/aromatic N) is 1. The first-order valence-corrected chi connectivity index (χ1v) is 7.01. The summed E-state index contributed by atoms with van der Waals surface area (Å²) in [5.74, 6) is -0.864. The van der Waals surface area contributed by atoms with Crippen molar-refractivity contribution in [2.75, 3.05) is 18.6 Å². The maximum Gasteiger partial charge on any atom is 0.262 e. The Morgan fingerprint density at radius 1 is 1.13 bits per heavy atom. The average Bonchev–Trinajstić information content (AvgIpc) is 2.56. The van der Waals surface area contributed by atoms with Gasteiger partial charge in [-0.25, -0.2) is 4.39 Å². The van der Waals surface area contributed by atoms with Gasteiger partial charge in [0.2, 0.25) is 5.91 Å². The molecule has 0 atom stereocenters. The van der Waals surface area contributed by atoms with Crippen LogP contribution in [0.4, 0.5) is 10.1 Å². The van der Waals surface area contributed by atoms with Crippen molar-refractivity contribution in [3.63, 3.8) is 0 Å². The van der Waals surface area contributed by atoms with Crippen molar-refractivity contribution in [1.82, 2.24) is 0 Å². The van der Waals surface area contributed by atoms with Crippen LogP contribution in [0.5, 0.6) is 5.75 Å². The Hall–Kier alpha value is -2.89. The molecule has 0 saturated heterocycles. The zero-order valence-corrected chi connectivity index (χ0v) is 12.7. The third-order valence-corrected chi connectivity index (χ3v) is 3.30. The van der Waals surface area contributed by atoms with Gasteiger partial charge in [-0.3, -0.25) is 9.59 Å². The zero-order valence-electron chi connectivity index (χ0n) is 12.7. The molecule has 2 aromatic carbocycles. The van der Waals surface area contributed by atoms with Crippen molar-refractivity contribution in [2.45, 2.75) is 6.42 Å². The number of carbonyl (C=O) groups excluding carboxylic acids is 2. The molecule has 0 aliphatic rings. The fraction of sp³-hybridized carbons (Fsp3) is 0.176. The molecule has 0 radical (unpaired) electrons. The molecule has 23 heavy (non-hydrogen) atoms. The highest BCUT2D eigenvalue weighted by Gasteiger charge is 2.21. The van der Waals surface area contributed by atoms with E-state index in [2.05, 4.69) is 0 Å². The number of primary amides is 1. The third-order valence-electron chi connectivity index (χ3n) is 3.30. The van der Waals surface area contributed by atoms with E-state index in [1.165, 1.54) is 36.3 Å². The zero-order chi connectivity index (χ0) is 16.8. The molecule has 0 saturated carbocycles. The van der Waals surface area contributed by atoms with Gasteiger partial charge < -0.3 is 15.4 Å². The molecular weight excluding hydrogens is 299 g/mol. The standard InChI is InChI=1S/C17H17FN2O3/c1-23-15-5-3-2-4-14(15)17(22)20(11-10-16(19)21)13-8-6-12(18)7-9-13/h2-9H,10-11H2,1H3,(H2,19,21). The van der Waals surface area contributed by atoms with Crippen LogP contribution in [0.1, 0.15) is 16.8 Å². The van der Waals surface area contributed by atoms with Crippen LogP contribution in [0.25, 0.3) is 0 Å². The molecule has 2 rings (SSSR count). The molecular formula is C17H17FN2O3. The summed E-state index contributed by atoms with van der Waals surface area (Å²) in [6, 6.07) is 12.2. The van der Waals surface area contributed by atoms with Gasteiger partial charge in [0.05, 0.1) is 12.7 Å². The van der Waals surface area contributed by atoms with E-state index >= 15 is 0 Å². The van der Waals surface area contributed by atoms with E-state index in [0.717, 1.165) is 0 Å². The molecule has 0 aliphatic carbocycles. The van der Waals surface area contributed by atoms with Gasteiger partial charge in [0.1, 0.15) is 11.6 Å². The lowest BCUT2D eigenvalue weighted by molar-refractivity contribution is -0.117. The number of hydrogen-bond donors (Lipinski definition) is 1. The summed E-state index contributed by atoms with van der Waals surface area (Å²) in [5, 5.41) is 0. The van der Waals surface area contributed by atoms with E-state index in [9.17, 15) is 14.0 Å². The van der Waals surface area contributed by atoms with Gasteiger partial charge >= 0.3 is 0 Å². The maximum atomic E-state index is 13.1. The van der Waals surface area contributed by atoms with Crippen LogP contribution in [0, 0.1) is 5.82 Å². The maximum absolute atomic E-state index is 13.1. The largest absolute Gasteiger partial charge is 0.496 e. The number of halogens is 1. The molecule has 120 valence electrons. The molecule has 0 bridgehead atoms. The molecule has 0 fully saturated rings. The lowest BCUT2D eigenvalue weighted by Crippen LogP contribution is -2.34. The monoisotopic (exact) mass is 316 g/mol. The van der Waals surface area contributed by atoms with Crippen LogP contribution < -0.4 is 15.4 Å². The van der Waals surface area contributed by atoms with E-state index < -0.39 is 11.7 Å². The molecule has 6 heteroatoms. The smallest absolute Gasteiger partial charge is 0.262 e. The minimum Gasteiger partial charge on any atom is -0.496 e. The van der Waals surface area contributed by atoms with Gasteiger partial charge in [0.25, 0.3) is 5.91 Å². The van der Waals surface area contributed by atoms with Crippen molar-refractivity contribution in [2.24, 2.45) is 5.73 Å². The highest BCUT2D eigenvalue weighted by Crippen LogP contribution is 2.23. The Kier molecular flexibility index (Phi) is 5.30. The Balaban J connectivity index is 2.37. The number of carbonyl (C=O) groups is 2. The summed E-state index contributed by atoms with van der Waals surface area (Å²) in [6.45, 7) is 0.0951. The Bertz CT molecular complexity index is 701. The van der Waals surface area contributed by atoms with Crippen molar-refractivity contribution in [3.8, 4) is 5.75 Å². The lowest BCUT2D eigenvalue weighted by Gasteiger charge is -2.23. The highest BCUT2D eigenvalue weighted by atomic mass is 19.1. The van der Waals surface area contributed by atoms with Crippen LogP contribution in [-0.4, -0.2) is 25.5 Å². The van der Waals surface area contributed by atoms with Crippen molar-refractivity contribution in [3.05, 3.63) is 59.9 Å². The molecule has 2 N–H and O–H groups in total. The summed E-state index contributed by atoms with van der Waals surface area (Å²) >= 11 is 0. The highest BCUT2D eigenvalue weighted by molar-refractivity contribution is 6.08. The quantitative estimate of drug-likeness (QED) is 0.889. The van der Waals surface area contributed by atoms with Gasteiger partial charge in [-0.1, -0.05) is 12.1 Å². The lowest BCUT2D eigenvalue weighted by atomic mass is 10.1. The van der Waals surface area contributed by atoms with Crippen LogP contribution in [-0.2, 0) is 4.79 Å². The van der Waals surface area contributed by atoms with E-state index in [0.29, 0.717) is 17.0 Å². The molecule has 2 aromatic rings. The number of benzene rings is 2. The normalized spacial score (nSPS) is 10.2. The molecule has 0 heterocycles. The Morgan fingerprint density at radius 2 is 1.78 bits per heavy atom. The summed E-state index contributed by atoms with van der Waals surface area (Å²) in [4.78, 5) is 25.3. The fourth-order valence-electron chi connectivity index (χ4n) is 2.16. The number of hydrogen-bond acceptors (Lipinski definition) is 3. The average molecular weight is 316 g/mol. The minimum atomic E-state index is -0.523. The van der Waals surface area contributed by atoms with Gasteiger partial charge in [-0.05, 0) is 36.4 Å². The SMILES string of the molecule is COc1ccccc1C(=O)N(CCC(N)=O)c1ccc(F)cc1. The minimum absolute atomic E-state index is 0.00172. The van der Waals surface area contributed by atoms with E-state index in [4.69, 9.17) is 10.5 Å². The number of amides is 2. The number of ether oxygens (including phenoxy) is 1. The van der Waals surface area contributed by atoms with Crippen molar-refractivity contribution in [1.29, 1.82) is 0 Å². The molecule has 2 amide bonds. The number of methoxy groups -OCH3 is 1. The molecule has 0 spiro atoms. The topological polar surface area (TPSA) is 72.6 Å². The first-order chi connectivity index (χ1) is 11.0. The molecule has 0 unspecified atom stereocenters. The van der Waals surface area contributed by atoms with Gasteiger partial charge in [0, 0.05) is 18.7 Å². The second kappa shape index (κ2) is 7.40. The van der Waals surface area contributed by atoms with Crippen molar-refractivity contribution < 1.29 is 18.7 Å². The fourth-order valence-corrected chi connectivity index (χ4v) is 2.16. The van der Waals surface area contributed by atoms with E-state index in [1.807, 2.05) is 0 Å². The first kappa shape index (κ1) is 16.5. The Morgan fingerprint density at radius 3 is 2.39 bits per heavy atom. The van der Waals surface area contributed by atoms with Gasteiger partial charge in [-0.15, -0.1) is 0 Å². The number of rotatable bonds is 6. The van der Waals surface area contributed by atoms with E-state index in [1.54, 1.807) is 24.3 Å². The first-order valence-electron chi connectivity index (χ1n) is 7.01. The second-order valence-electron chi connectivity index (χ2n) is 4.85. The molecule has 0 aromatic heterocycles. The second-order valence-corrected chi connectivity index (χ2v) is 4.85. The summed E-state index contributed by atoms with van der Waals surface area (Å²) in [7, 11) is 1.47. The number of nitrogens with two attached hydrogens (primary N) is 1. The van der Waals surface area contributed by atoms with Crippen molar-refractivity contribution >= 4 is 17.5 Å². The van der Waals surface area contributed by atoms with E-state index in [-0.39, 0.29) is 18.9 Å². The van der Waals surface area contributed by atoms with Crippen LogP contribution in [0.15, 0.2) is 48.5 Å². The Labute approximate surface area is 133 Å². The van der Waals surface area contributed by atoms with Gasteiger partial charge in [0.15, 0.2) is 0 Å². The molecule has 0 aliphatic heterocycles. The summed E-state index contributed by atoms with van der Waals surface area (Å²) < 4.78 is 18.3. The third kappa shape index (κ3) is 4.06. The van der Waals surface area contributed by atoms with Crippen LogP contribution in [0.3, 0.4) is 0 Å². The summed E-state index contributed by atoms with van der Waals surface area (Å²) in [5.41, 5.74) is 6.00. The predicted octanol–water partition coefficient (Wildman–Crippen LogP) is 2.36. The number of anilines is 1. The summed E-state index contributed by atoms with van der Waals surface area (Å²) in [6.07, 6.45) is -0.00172.